The molecule has 1 heterocycles. The van der Waals surface area contributed by atoms with Crippen molar-refractivity contribution in [3.63, 3.8) is 0 Å². The second-order valence-electron chi connectivity index (χ2n) is 6.62. The zero-order valence-corrected chi connectivity index (χ0v) is 14.5. The van der Waals surface area contributed by atoms with Gasteiger partial charge in [-0.25, -0.2) is 13.1 Å². The topological polar surface area (TPSA) is 58.6 Å². The summed E-state index contributed by atoms with van der Waals surface area (Å²) in [6.07, 6.45) is 3.74. The second kappa shape index (κ2) is 7.20. The highest BCUT2D eigenvalue weighted by atomic mass is 32.2. The lowest BCUT2D eigenvalue weighted by molar-refractivity contribution is 0.177. The Balaban J connectivity index is 1.45. The first-order valence-electron chi connectivity index (χ1n) is 8.41. The van der Waals surface area contributed by atoms with E-state index in [0.29, 0.717) is 12.5 Å². The molecule has 0 bridgehead atoms. The minimum Gasteiger partial charge on any atom is -0.496 e. The van der Waals surface area contributed by atoms with Crippen LogP contribution in [0.2, 0.25) is 0 Å². The molecule has 1 aliphatic heterocycles. The normalized spacial score (nSPS) is 20.6. The number of sulfonamides is 1. The number of rotatable bonds is 7. The zero-order valence-electron chi connectivity index (χ0n) is 13.7. The van der Waals surface area contributed by atoms with Gasteiger partial charge in [-0.15, -0.1) is 0 Å². The van der Waals surface area contributed by atoms with Crippen LogP contribution >= 0.6 is 0 Å². The predicted octanol–water partition coefficient (Wildman–Crippen LogP) is 1.99. The Morgan fingerprint density at radius 2 is 1.87 bits per heavy atom. The monoisotopic (exact) mass is 338 g/mol. The Kier molecular flexibility index (Phi) is 5.24. The number of hydrogen-bond donors (Lipinski definition) is 1. The molecule has 0 aromatic heterocycles. The summed E-state index contributed by atoms with van der Waals surface area (Å²) in [6, 6.07) is 8.13. The molecule has 2 fully saturated rings. The summed E-state index contributed by atoms with van der Waals surface area (Å²) in [5.74, 6) is 1.39. The Labute approximate surface area is 139 Å². The third-order valence-electron chi connectivity index (χ3n) is 4.83. The highest BCUT2D eigenvalue weighted by Gasteiger charge is 2.35. The van der Waals surface area contributed by atoms with E-state index >= 15 is 0 Å². The van der Waals surface area contributed by atoms with E-state index in [1.165, 1.54) is 5.56 Å². The van der Waals surface area contributed by atoms with Crippen molar-refractivity contribution in [2.24, 2.45) is 5.92 Å². The van der Waals surface area contributed by atoms with Gasteiger partial charge >= 0.3 is 0 Å². The lowest BCUT2D eigenvalue weighted by Crippen LogP contribution is -2.39. The molecule has 1 saturated carbocycles. The SMILES string of the molecule is COc1ccccc1CN1CCC(CNS(=O)(=O)C2CC2)CC1. The van der Waals surface area contributed by atoms with Gasteiger partial charge in [-0.1, -0.05) is 18.2 Å². The maximum atomic E-state index is 11.9. The standard InChI is InChI=1S/C17H26N2O3S/c1-22-17-5-3-2-4-15(17)13-19-10-8-14(9-11-19)12-18-23(20,21)16-6-7-16/h2-5,14,16,18H,6-13H2,1H3. The number of hydrogen-bond acceptors (Lipinski definition) is 4. The minimum absolute atomic E-state index is 0.117. The third kappa shape index (κ3) is 4.46. The van der Waals surface area contributed by atoms with Crippen molar-refractivity contribution < 1.29 is 13.2 Å². The third-order valence-corrected chi connectivity index (χ3v) is 6.75. The molecule has 0 unspecified atom stereocenters. The summed E-state index contributed by atoms with van der Waals surface area (Å²) in [5, 5.41) is -0.117. The molecule has 1 aliphatic carbocycles. The van der Waals surface area contributed by atoms with Crippen LogP contribution in [0.15, 0.2) is 24.3 Å². The number of nitrogens with one attached hydrogen (secondary N) is 1. The molecule has 1 aromatic rings. The highest BCUT2D eigenvalue weighted by Crippen LogP contribution is 2.28. The van der Waals surface area contributed by atoms with Crippen LogP contribution in [0.5, 0.6) is 5.75 Å². The Bertz CT molecular complexity index is 620. The van der Waals surface area contributed by atoms with Gasteiger partial charge in [-0.2, -0.15) is 0 Å². The van der Waals surface area contributed by atoms with E-state index in [1.54, 1.807) is 7.11 Å². The van der Waals surface area contributed by atoms with Crippen molar-refractivity contribution in [2.45, 2.75) is 37.5 Å². The largest absolute Gasteiger partial charge is 0.496 e. The molecule has 0 atom stereocenters. The Morgan fingerprint density at radius 1 is 1.17 bits per heavy atom. The van der Waals surface area contributed by atoms with E-state index in [4.69, 9.17) is 4.74 Å². The van der Waals surface area contributed by atoms with Gasteiger partial charge in [0.25, 0.3) is 0 Å². The van der Waals surface area contributed by atoms with Crippen LogP contribution < -0.4 is 9.46 Å². The summed E-state index contributed by atoms with van der Waals surface area (Å²) >= 11 is 0. The molecule has 23 heavy (non-hydrogen) atoms. The molecule has 6 heteroatoms. The second-order valence-corrected chi connectivity index (χ2v) is 8.67. The zero-order chi connectivity index (χ0) is 16.3. The van der Waals surface area contributed by atoms with E-state index in [-0.39, 0.29) is 5.25 Å². The van der Waals surface area contributed by atoms with Crippen molar-refractivity contribution in [2.75, 3.05) is 26.7 Å². The lowest BCUT2D eigenvalue weighted by atomic mass is 9.97. The summed E-state index contributed by atoms with van der Waals surface area (Å²) in [7, 11) is -1.33. The van der Waals surface area contributed by atoms with E-state index < -0.39 is 10.0 Å². The van der Waals surface area contributed by atoms with Crippen LogP contribution in [-0.4, -0.2) is 45.3 Å². The number of likely N-dealkylation sites (tertiary alicyclic amines) is 1. The maximum absolute atomic E-state index is 11.9. The van der Waals surface area contributed by atoms with Crippen LogP contribution in [0.1, 0.15) is 31.2 Å². The summed E-state index contributed by atoms with van der Waals surface area (Å²) in [4.78, 5) is 2.42. The fourth-order valence-electron chi connectivity index (χ4n) is 3.15. The van der Waals surface area contributed by atoms with Gasteiger partial charge in [0.2, 0.25) is 10.0 Å². The van der Waals surface area contributed by atoms with Crippen LogP contribution in [-0.2, 0) is 16.6 Å². The maximum Gasteiger partial charge on any atom is 0.214 e. The van der Waals surface area contributed by atoms with Crippen LogP contribution in [0.4, 0.5) is 0 Å². The van der Waals surface area contributed by atoms with Gasteiger partial charge < -0.3 is 4.74 Å². The molecule has 1 saturated heterocycles. The first-order chi connectivity index (χ1) is 11.1. The molecule has 2 aliphatic rings. The summed E-state index contributed by atoms with van der Waals surface area (Å²) in [6.45, 7) is 3.51. The van der Waals surface area contributed by atoms with Crippen molar-refractivity contribution in [3.05, 3.63) is 29.8 Å². The fourth-order valence-corrected chi connectivity index (χ4v) is 4.61. The molecular weight excluding hydrogens is 312 g/mol. The Morgan fingerprint density at radius 3 is 2.52 bits per heavy atom. The highest BCUT2D eigenvalue weighted by molar-refractivity contribution is 7.90. The van der Waals surface area contributed by atoms with E-state index in [9.17, 15) is 8.42 Å². The smallest absolute Gasteiger partial charge is 0.214 e. The molecular formula is C17H26N2O3S. The van der Waals surface area contributed by atoms with Crippen LogP contribution in [0.25, 0.3) is 0 Å². The molecule has 3 rings (SSSR count). The first-order valence-corrected chi connectivity index (χ1v) is 9.96. The summed E-state index contributed by atoms with van der Waals surface area (Å²) < 4.78 is 32.0. The van der Waals surface area contributed by atoms with Gasteiger partial charge in [0.15, 0.2) is 0 Å². The van der Waals surface area contributed by atoms with Crippen LogP contribution in [0.3, 0.4) is 0 Å². The first kappa shape index (κ1) is 16.7. The predicted molar refractivity (Wildman–Crippen MR) is 90.9 cm³/mol. The van der Waals surface area contributed by atoms with Gasteiger partial charge in [0.1, 0.15) is 5.75 Å². The van der Waals surface area contributed by atoms with Crippen molar-refractivity contribution in [3.8, 4) is 5.75 Å². The molecule has 0 radical (unpaired) electrons. The average Bonchev–Trinajstić information content (AvgIpc) is 3.40. The van der Waals surface area contributed by atoms with Gasteiger partial charge in [0, 0.05) is 18.7 Å². The van der Waals surface area contributed by atoms with Crippen LogP contribution in [0, 0.1) is 5.92 Å². The van der Waals surface area contributed by atoms with Gasteiger partial charge in [-0.3, -0.25) is 4.90 Å². The van der Waals surface area contributed by atoms with Gasteiger partial charge in [0.05, 0.1) is 12.4 Å². The van der Waals surface area contributed by atoms with E-state index in [0.717, 1.165) is 51.1 Å². The lowest BCUT2D eigenvalue weighted by Gasteiger charge is -2.32. The number of methoxy groups -OCH3 is 1. The number of piperidine rings is 1. The summed E-state index contributed by atoms with van der Waals surface area (Å²) in [5.41, 5.74) is 1.21. The molecule has 0 spiro atoms. The number of para-hydroxylation sites is 1. The molecule has 1 N–H and O–H groups in total. The van der Waals surface area contributed by atoms with Crippen molar-refractivity contribution in [1.29, 1.82) is 0 Å². The van der Waals surface area contributed by atoms with Crippen molar-refractivity contribution in [1.82, 2.24) is 9.62 Å². The minimum atomic E-state index is -3.04. The number of ether oxygens (including phenoxy) is 1. The molecule has 5 nitrogen and oxygen atoms in total. The van der Waals surface area contributed by atoms with Gasteiger partial charge in [-0.05, 0) is 50.8 Å². The van der Waals surface area contributed by atoms with E-state index in [2.05, 4.69) is 15.7 Å². The molecule has 1 aromatic carbocycles. The van der Waals surface area contributed by atoms with E-state index in [1.807, 2.05) is 18.2 Å². The van der Waals surface area contributed by atoms with Crippen molar-refractivity contribution >= 4 is 10.0 Å². The quantitative estimate of drug-likeness (QED) is 0.826. The number of benzene rings is 1. The fraction of sp³-hybridized carbons (Fsp3) is 0.647. The Hall–Kier alpha value is -1.11. The molecule has 128 valence electrons. The average molecular weight is 338 g/mol. The number of nitrogens with zero attached hydrogens (tertiary/aromatic N) is 1. The molecule has 0 amide bonds.